The van der Waals surface area contributed by atoms with Gasteiger partial charge in [0.1, 0.15) is 0 Å². The number of hydrogen-bond donors (Lipinski definition) is 2. The number of aliphatic carboxylic acids is 2. The fourth-order valence-electron chi connectivity index (χ4n) is 4.45. The second-order valence-electron chi connectivity index (χ2n) is 8.96. The first-order valence-corrected chi connectivity index (χ1v) is 11.7. The Morgan fingerprint density at radius 2 is 1.54 bits per heavy atom. The third-order valence-electron chi connectivity index (χ3n) is 6.30. The van der Waals surface area contributed by atoms with Crippen molar-refractivity contribution >= 4 is 17.6 Å². The highest BCUT2D eigenvalue weighted by Gasteiger charge is 2.44. The van der Waals surface area contributed by atoms with Crippen LogP contribution in [0.25, 0.3) is 0 Å². The van der Waals surface area contributed by atoms with Crippen molar-refractivity contribution in [3.8, 4) is 0 Å². The number of aromatic nitrogens is 1. The number of alkyl halides is 6. The van der Waals surface area contributed by atoms with Crippen LogP contribution in [-0.2, 0) is 26.3 Å². The second kappa shape index (κ2) is 13.6. The molecule has 216 valence electrons. The quantitative estimate of drug-likeness (QED) is 0.516. The van der Waals surface area contributed by atoms with Crippen LogP contribution in [0.3, 0.4) is 0 Å². The molecule has 1 aromatic heterocycles. The molecular formula is C25H29F6N3O5. The molecular weight excluding hydrogens is 536 g/mol. The summed E-state index contributed by atoms with van der Waals surface area (Å²) in [6.45, 7) is 6.23. The molecule has 0 radical (unpaired) electrons. The van der Waals surface area contributed by atoms with E-state index in [1.165, 1.54) is 24.1 Å². The number of nitrogens with zero attached hydrogens (tertiary/aromatic N) is 3. The summed E-state index contributed by atoms with van der Waals surface area (Å²) < 4.78 is 68.8. The topological polar surface area (TPSA) is 103 Å². The maximum Gasteiger partial charge on any atom is 0.490 e. The van der Waals surface area contributed by atoms with Crippen molar-refractivity contribution in [3.05, 3.63) is 59.9 Å². The third kappa shape index (κ3) is 9.39. The van der Waals surface area contributed by atoms with Crippen LogP contribution in [0.15, 0.2) is 48.8 Å². The minimum absolute atomic E-state index is 0.315. The number of benzene rings is 1. The Balaban J connectivity index is 0.000000317. The lowest BCUT2D eigenvalue weighted by atomic mass is 9.74. The summed E-state index contributed by atoms with van der Waals surface area (Å²) in [6, 6.07) is 13.2. The number of fused-ring (bicyclic) bond motifs is 2. The highest BCUT2D eigenvalue weighted by atomic mass is 19.4. The van der Waals surface area contributed by atoms with Crippen LogP contribution in [0.1, 0.15) is 24.0 Å². The van der Waals surface area contributed by atoms with Crippen LogP contribution in [0.2, 0.25) is 0 Å². The normalized spacial score (nSPS) is 16.4. The minimum atomic E-state index is -5.08. The molecule has 2 aromatic rings. The molecule has 1 aromatic carbocycles. The SMILES string of the molecule is COCCN1CC2(CCN(Cc3cccnc3)CC2)c2ccccc21.O=C(O)C(F)(F)F.O=C(O)C(F)(F)F. The van der Waals surface area contributed by atoms with Gasteiger partial charge in [-0.3, -0.25) is 9.88 Å². The molecule has 1 fully saturated rings. The molecule has 0 aliphatic carbocycles. The van der Waals surface area contributed by atoms with Gasteiger partial charge in [-0.15, -0.1) is 0 Å². The van der Waals surface area contributed by atoms with Gasteiger partial charge in [-0.05, 0) is 49.2 Å². The van der Waals surface area contributed by atoms with Crippen LogP contribution < -0.4 is 4.90 Å². The average Bonchev–Trinajstić information content (AvgIpc) is 3.17. The largest absolute Gasteiger partial charge is 0.490 e. The van der Waals surface area contributed by atoms with Crippen LogP contribution in [0, 0.1) is 0 Å². The molecule has 3 heterocycles. The number of carbonyl (C=O) groups is 2. The Bertz CT molecular complexity index is 1050. The molecule has 2 aliphatic rings. The van der Waals surface area contributed by atoms with E-state index in [-0.39, 0.29) is 0 Å². The summed E-state index contributed by atoms with van der Waals surface area (Å²) in [5.41, 5.74) is 4.59. The maximum absolute atomic E-state index is 10.6. The summed E-state index contributed by atoms with van der Waals surface area (Å²) in [4.78, 5) is 27.1. The molecule has 0 saturated carbocycles. The molecule has 0 bridgehead atoms. The predicted molar refractivity (Wildman–Crippen MR) is 128 cm³/mol. The first-order chi connectivity index (χ1) is 18.2. The Labute approximate surface area is 220 Å². The minimum Gasteiger partial charge on any atom is -0.475 e. The van der Waals surface area contributed by atoms with Crippen LogP contribution >= 0.6 is 0 Å². The number of methoxy groups -OCH3 is 1. The zero-order valence-corrected chi connectivity index (χ0v) is 21.0. The van der Waals surface area contributed by atoms with Gasteiger partial charge in [0.15, 0.2) is 0 Å². The number of hydrogen-bond acceptors (Lipinski definition) is 6. The van der Waals surface area contributed by atoms with Gasteiger partial charge in [0.25, 0.3) is 0 Å². The van der Waals surface area contributed by atoms with Gasteiger partial charge >= 0.3 is 24.3 Å². The fourth-order valence-corrected chi connectivity index (χ4v) is 4.45. The van der Waals surface area contributed by atoms with Gasteiger partial charge in [-0.1, -0.05) is 24.3 Å². The number of likely N-dealkylation sites (tertiary alicyclic amines) is 1. The average molecular weight is 566 g/mol. The number of ether oxygens (including phenoxy) is 1. The molecule has 14 heteroatoms. The number of rotatable bonds is 5. The number of carboxylic acid groups (broad SMARTS) is 2. The number of pyridine rings is 1. The van der Waals surface area contributed by atoms with Crippen molar-refractivity contribution < 1.29 is 50.9 Å². The molecule has 1 saturated heterocycles. The van der Waals surface area contributed by atoms with Gasteiger partial charge in [0.2, 0.25) is 0 Å². The van der Waals surface area contributed by atoms with Crippen molar-refractivity contribution in [2.24, 2.45) is 0 Å². The van der Waals surface area contributed by atoms with Crippen molar-refractivity contribution in [2.45, 2.75) is 37.2 Å². The van der Waals surface area contributed by atoms with Crippen molar-refractivity contribution in [1.29, 1.82) is 0 Å². The summed E-state index contributed by atoms with van der Waals surface area (Å²) >= 11 is 0. The lowest BCUT2D eigenvalue weighted by molar-refractivity contribution is -0.193. The van der Waals surface area contributed by atoms with Crippen LogP contribution in [0.5, 0.6) is 0 Å². The van der Waals surface area contributed by atoms with Crippen LogP contribution in [-0.4, -0.2) is 84.3 Å². The molecule has 1 spiro atoms. The second-order valence-corrected chi connectivity index (χ2v) is 8.96. The first-order valence-electron chi connectivity index (χ1n) is 11.7. The maximum atomic E-state index is 10.6. The van der Waals surface area contributed by atoms with E-state index >= 15 is 0 Å². The molecule has 0 unspecified atom stereocenters. The number of para-hydroxylation sites is 1. The Hall–Kier alpha value is -3.39. The van der Waals surface area contributed by atoms with E-state index in [4.69, 9.17) is 24.5 Å². The number of halogens is 6. The number of piperidine rings is 1. The van der Waals surface area contributed by atoms with E-state index < -0.39 is 24.3 Å². The summed E-state index contributed by atoms with van der Waals surface area (Å²) in [5, 5.41) is 14.2. The van der Waals surface area contributed by atoms with E-state index in [0.29, 0.717) is 5.41 Å². The van der Waals surface area contributed by atoms with Crippen molar-refractivity contribution in [2.75, 3.05) is 44.8 Å². The van der Waals surface area contributed by atoms with Crippen molar-refractivity contribution in [3.63, 3.8) is 0 Å². The van der Waals surface area contributed by atoms with E-state index in [9.17, 15) is 26.3 Å². The predicted octanol–water partition coefficient (Wildman–Crippen LogP) is 4.35. The number of carboxylic acids is 2. The highest BCUT2D eigenvalue weighted by Crippen LogP contribution is 2.46. The smallest absolute Gasteiger partial charge is 0.475 e. The summed E-state index contributed by atoms with van der Waals surface area (Å²) in [6.07, 6.45) is -3.87. The van der Waals surface area contributed by atoms with Crippen molar-refractivity contribution in [1.82, 2.24) is 9.88 Å². The van der Waals surface area contributed by atoms with E-state index in [1.54, 1.807) is 12.7 Å². The molecule has 0 atom stereocenters. The number of anilines is 1. The summed E-state index contributed by atoms with van der Waals surface area (Å²) in [7, 11) is 1.79. The van der Waals surface area contributed by atoms with Gasteiger partial charge in [0.05, 0.1) is 6.61 Å². The van der Waals surface area contributed by atoms with E-state index in [0.717, 1.165) is 39.3 Å². The van der Waals surface area contributed by atoms with Gasteiger partial charge < -0.3 is 19.8 Å². The van der Waals surface area contributed by atoms with E-state index in [2.05, 4.69) is 45.1 Å². The molecule has 2 N–H and O–H groups in total. The molecule has 2 aliphatic heterocycles. The third-order valence-corrected chi connectivity index (χ3v) is 6.30. The molecule has 4 rings (SSSR count). The summed E-state index contributed by atoms with van der Waals surface area (Å²) in [5.74, 6) is -5.51. The van der Waals surface area contributed by atoms with E-state index in [1.807, 2.05) is 18.5 Å². The fraction of sp³-hybridized carbons (Fsp3) is 0.480. The monoisotopic (exact) mass is 565 g/mol. The molecule has 0 amide bonds. The Kier molecular flexibility index (Phi) is 11.1. The Morgan fingerprint density at radius 3 is 2.03 bits per heavy atom. The Morgan fingerprint density at radius 1 is 0.974 bits per heavy atom. The first kappa shape index (κ1) is 31.8. The standard InChI is InChI=1S/C21H27N3O.2C2HF3O2/c1-25-14-13-24-17-21(19-6-2-3-7-20(19)24)8-11-23(12-9-21)16-18-5-4-10-22-15-18;2*3-2(4,5)1(6)7/h2-7,10,15H,8-9,11-14,16-17H2,1H3;2*(H,6,7). The highest BCUT2D eigenvalue weighted by molar-refractivity contribution is 5.73. The lowest BCUT2D eigenvalue weighted by Crippen LogP contribution is -2.45. The molecule has 39 heavy (non-hydrogen) atoms. The zero-order chi connectivity index (χ0) is 29.3. The van der Waals surface area contributed by atoms with Gasteiger partial charge in [-0.25, -0.2) is 9.59 Å². The van der Waals surface area contributed by atoms with Gasteiger partial charge in [-0.2, -0.15) is 26.3 Å². The zero-order valence-electron chi connectivity index (χ0n) is 21.0. The molecule has 8 nitrogen and oxygen atoms in total. The van der Waals surface area contributed by atoms with Gasteiger partial charge in [0, 0.05) is 50.2 Å². The lowest BCUT2D eigenvalue weighted by Gasteiger charge is -2.40. The van der Waals surface area contributed by atoms with Crippen LogP contribution in [0.4, 0.5) is 32.0 Å².